The summed E-state index contributed by atoms with van der Waals surface area (Å²) in [6.45, 7) is 4.79. The van der Waals surface area contributed by atoms with Gasteiger partial charge in [0, 0.05) is 12.5 Å². The van der Waals surface area contributed by atoms with E-state index in [1.54, 1.807) is 7.11 Å². The lowest BCUT2D eigenvalue weighted by atomic mass is 9.81. The average molecular weight is 276 g/mol. The molecule has 1 aliphatic rings. The number of nitrogens with one attached hydrogen (secondary N) is 1. The van der Waals surface area contributed by atoms with Gasteiger partial charge in [0.15, 0.2) is 0 Å². The Balaban J connectivity index is 2.15. The van der Waals surface area contributed by atoms with E-state index in [0.717, 1.165) is 30.5 Å². The molecule has 0 spiro atoms. The van der Waals surface area contributed by atoms with Crippen molar-refractivity contribution in [1.29, 1.82) is 0 Å². The molecule has 0 aromatic heterocycles. The first-order chi connectivity index (χ1) is 9.47. The largest absolute Gasteiger partial charge is 0.495 e. The molecule has 1 unspecified atom stereocenters. The minimum atomic E-state index is 0.0707. The fraction of sp³-hybridized carbons (Fsp3) is 0.562. The molecule has 2 rings (SSSR count). The third-order valence-corrected chi connectivity index (χ3v) is 4.33. The van der Waals surface area contributed by atoms with Crippen LogP contribution in [0.2, 0.25) is 0 Å². The van der Waals surface area contributed by atoms with Crippen molar-refractivity contribution in [2.75, 3.05) is 12.4 Å². The Morgan fingerprint density at radius 3 is 2.80 bits per heavy atom. The minimum absolute atomic E-state index is 0.0707. The molecule has 1 amide bonds. The molecule has 0 heterocycles. The molecule has 4 heteroatoms. The lowest BCUT2D eigenvalue weighted by molar-refractivity contribution is -0.122. The molecule has 0 aliphatic heterocycles. The highest BCUT2D eigenvalue weighted by Gasteiger charge is 2.39. The van der Waals surface area contributed by atoms with Crippen LogP contribution in [0, 0.1) is 11.3 Å². The van der Waals surface area contributed by atoms with Crippen LogP contribution >= 0.6 is 0 Å². The highest BCUT2D eigenvalue weighted by Crippen LogP contribution is 2.43. The average Bonchev–Trinajstić information content (AvgIpc) is 2.78. The van der Waals surface area contributed by atoms with Crippen LogP contribution in [0.25, 0.3) is 0 Å². The van der Waals surface area contributed by atoms with E-state index in [4.69, 9.17) is 10.5 Å². The Kier molecular flexibility index (Phi) is 4.33. The van der Waals surface area contributed by atoms with Crippen LogP contribution in [0.3, 0.4) is 0 Å². The SMILES string of the molecule is COc1cc(CN)ccc1NC(=O)C1CCCC1(C)C. The second-order valence-electron chi connectivity index (χ2n) is 6.16. The number of carbonyl (C=O) groups excluding carboxylic acids is 1. The molecule has 4 nitrogen and oxygen atoms in total. The number of methoxy groups -OCH3 is 1. The summed E-state index contributed by atoms with van der Waals surface area (Å²) in [6, 6.07) is 5.65. The third-order valence-electron chi connectivity index (χ3n) is 4.33. The number of anilines is 1. The lowest BCUT2D eigenvalue weighted by Gasteiger charge is -2.26. The van der Waals surface area contributed by atoms with Gasteiger partial charge in [-0.05, 0) is 36.0 Å². The fourth-order valence-electron chi connectivity index (χ4n) is 3.00. The van der Waals surface area contributed by atoms with Crippen molar-refractivity contribution in [2.45, 2.75) is 39.7 Å². The van der Waals surface area contributed by atoms with Crippen molar-refractivity contribution >= 4 is 11.6 Å². The van der Waals surface area contributed by atoms with E-state index in [1.165, 1.54) is 0 Å². The maximum absolute atomic E-state index is 12.5. The Hall–Kier alpha value is -1.55. The van der Waals surface area contributed by atoms with E-state index in [1.807, 2.05) is 18.2 Å². The van der Waals surface area contributed by atoms with Gasteiger partial charge in [-0.15, -0.1) is 0 Å². The smallest absolute Gasteiger partial charge is 0.228 e. The van der Waals surface area contributed by atoms with Crippen molar-refractivity contribution in [2.24, 2.45) is 17.1 Å². The summed E-state index contributed by atoms with van der Waals surface area (Å²) in [5.74, 6) is 0.824. The minimum Gasteiger partial charge on any atom is -0.495 e. The summed E-state index contributed by atoms with van der Waals surface area (Å²) in [5.41, 5.74) is 7.40. The Morgan fingerprint density at radius 1 is 1.50 bits per heavy atom. The number of benzene rings is 1. The second-order valence-corrected chi connectivity index (χ2v) is 6.16. The zero-order valence-electron chi connectivity index (χ0n) is 12.5. The lowest BCUT2D eigenvalue weighted by Crippen LogP contribution is -2.30. The summed E-state index contributed by atoms with van der Waals surface area (Å²) >= 11 is 0. The Morgan fingerprint density at radius 2 is 2.25 bits per heavy atom. The molecule has 1 aliphatic carbocycles. The van der Waals surface area contributed by atoms with Crippen LogP contribution in [-0.2, 0) is 11.3 Å². The van der Waals surface area contributed by atoms with Gasteiger partial charge in [-0.25, -0.2) is 0 Å². The summed E-state index contributed by atoms with van der Waals surface area (Å²) in [5, 5.41) is 3.01. The molecule has 20 heavy (non-hydrogen) atoms. The first-order valence-corrected chi connectivity index (χ1v) is 7.16. The van der Waals surface area contributed by atoms with Gasteiger partial charge in [0.25, 0.3) is 0 Å². The number of amides is 1. The number of ether oxygens (including phenoxy) is 1. The van der Waals surface area contributed by atoms with E-state index < -0.39 is 0 Å². The molecule has 1 aromatic carbocycles. The molecule has 0 bridgehead atoms. The number of hydrogen-bond donors (Lipinski definition) is 2. The Bertz CT molecular complexity index is 497. The molecule has 110 valence electrons. The van der Waals surface area contributed by atoms with Crippen molar-refractivity contribution in [3.8, 4) is 5.75 Å². The van der Waals surface area contributed by atoms with Crippen LogP contribution in [0.15, 0.2) is 18.2 Å². The highest BCUT2D eigenvalue weighted by atomic mass is 16.5. The topological polar surface area (TPSA) is 64.3 Å². The van der Waals surface area contributed by atoms with Gasteiger partial charge in [0.05, 0.1) is 12.8 Å². The number of nitrogens with two attached hydrogens (primary N) is 1. The molecule has 1 saturated carbocycles. The predicted octanol–water partition coefficient (Wildman–Crippen LogP) is 2.92. The molecular weight excluding hydrogens is 252 g/mol. The molecule has 0 saturated heterocycles. The predicted molar refractivity (Wildman–Crippen MR) is 80.6 cm³/mol. The van der Waals surface area contributed by atoms with Gasteiger partial charge in [0.2, 0.25) is 5.91 Å². The van der Waals surface area contributed by atoms with Gasteiger partial charge < -0.3 is 15.8 Å². The zero-order chi connectivity index (χ0) is 14.8. The van der Waals surface area contributed by atoms with Gasteiger partial charge >= 0.3 is 0 Å². The zero-order valence-corrected chi connectivity index (χ0v) is 12.5. The molecule has 0 radical (unpaired) electrons. The number of carbonyl (C=O) groups is 1. The van der Waals surface area contributed by atoms with E-state index in [-0.39, 0.29) is 17.2 Å². The summed E-state index contributed by atoms with van der Waals surface area (Å²) in [4.78, 5) is 12.5. The van der Waals surface area contributed by atoms with Gasteiger partial charge in [-0.1, -0.05) is 26.3 Å². The first-order valence-electron chi connectivity index (χ1n) is 7.16. The highest BCUT2D eigenvalue weighted by molar-refractivity contribution is 5.94. The molecule has 1 fully saturated rings. The molecule has 1 aromatic rings. The van der Waals surface area contributed by atoms with Gasteiger partial charge in [-0.2, -0.15) is 0 Å². The van der Waals surface area contributed by atoms with Crippen LogP contribution < -0.4 is 15.8 Å². The van der Waals surface area contributed by atoms with E-state index in [9.17, 15) is 4.79 Å². The first kappa shape index (κ1) is 14.9. The molecular formula is C16H24N2O2. The maximum atomic E-state index is 12.5. The maximum Gasteiger partial charge on any atom is 0.228 e. The summed E-state index contributed by atoms with van der Waals surface area (Å²) in [7, 11) is 1.60. The quantitative estimate of drug-likeness (QED) is 0.888. The van der Waals surface area contributed by atoms with Crippen molar-refractivity contribution < 1.29 is 9.53 Å². The third kappa shape index (κ3) is 2.96. The summed E-state index contributed by atoms with van der Waals surface area (Å²) < 4.78 is 5.33. The monoisotopic (exact) mass is 276 g/mol. The normalized spacial score (nSPS) is 20.7. The second kappa shape index (κ2) is 5.83. The van der Waals surface area contributed by atoms with Crippen molar-refractivity contribution in [3.05, 3.63) is 23.8 Å². The fourth-order valence-corrected chi connectivity index (χ4v) is 3.00. The molecule has 1 atom stereocenters. The number of hydrogen-bond acceptors (Lipinski definition) is 3. The van der Waals surface area contributed by atoms with Crippen molar-refractivity contribution in [1.82, 2.24) is 0 Å². The number of rotatable bonds is 4. The standard InChI is InChI=1S/C16H24N2O2/c1-16(2)8-4-5-12(16)15(19)18-13-7-6-11(10-17)9-14(13)20-3/h6-7,9,12H,4-5,8,10,17H2,1-3H3,(H,18,19). The van der Waals surface area contributed by atoms with E-state index in [2.05, 4.69) is 19.2 Å². The van der Waals surface area contributed by atoms with Crippen LogP contribution in [0.1, 0.15) is 38.7 Å². The Labute approximate surface area is 120 Å². The molecule has 3 N–H and O–H groups in total. The summed E-state index contributed by atoms with van der Waals surface area (Å²) in [6.07, 6.45) is 3.19. The van der Waals surface area contributed by atoms with Gasteiger partial charge in [-0.3, -0.25) is 4.79 Å². The van der Waals surface area contributed by atoms with Gasteiger partial charge in [0.1, 0.15) is 5.75 Å². The van der Waals surface area contributed by atoms with E-state index >= 15 is 0 Å². The van der Waals surface area contributed by atoms with Crippen molar-refractivity contribution in [3.63, 3.8) is 0 Å². The van der Waals surface area contributed by atoms with Crippen LogP contribution in [-0.4, -0.2) is 13.0 Å². The van der Waals surface area contributed by atoms with Crippen LogP contribution in [0.5, 0.6) is 5.75 Å². The van der Waals surface area contributed by atoms with Crippen LogP contribution in [0.4, 0.5) is 5.69 Å². The van der Waals surface area contributed by atoms with E-state index in [0.29, 0.717) is 12.3 Å².